The first-order chi connectivity index (χ1) is 13.0. The Morgan fingerprint density at radius 1 is 1.04 bits per heavy atom. The number of benzene rings is 2. The standard InChI is InChI=1S/C22H27FN2O2/c1-16-12-24(14-18-7-5-4-6-8-18)13-17(2)25(16)15-19-9-10-20(21(23)11-19)22(26)27-3/h4-11,16-17H,12-15H2,1-3H3/t16-,17+. The molecule has 3 rings (SSSR count). The van der Waals surface area contributed by atoms with Crippen LogP contribution in [0, 0.1) is 5.82 Å². The molecule has 2 atom stereocenters. The average molecular weight is 370 g/mol. The first kappa shape index (κ1) is 19.5. The van der Waals surface area contributed by atoms with Gasteiger partial charge in [-0.05, 0) is 37.1 Å². The van der Waals surface area contributed by atoms with E-state index >= 15 is 0 Å². The summed E-state index contributed by atoms with van der Waals surface area (Å²) in [7, 11) is 1.26. The Hall–Kier alpha value is -2.24. The van der Waals surface area contributed by atoms with E-state index in [2.05, 4.69) is 52.6 Å². The third-order valence-corrected chi connectivity index (χ3v) is 5.23. The van der Waals surface area contributed by atoms with Gasteiger partial charge in [-0.2, -0.15) is 0 Å². The van der Waals surface area contributed by atoms with Crippen LogP contribution in [-0.4, -0.2) is 48.1 Å². The minimum atomic E-state index is -0.643. The Labute approximate surface area is 160 Å². The van der Waals surface area contributed by atoms with Gasteiger partial charge in [0.05, 0.1) is 12.7 Å². The highest BCUT2D eigenvalue weighted by molar-refractivity contribution is 5.89. The fourth-order valence-electron chi connectivity index (χ4n) is 3.89. The Morgan fingerprint density at radius 2 is 1.70 bits per heavy atom. The predicted molar refractivity (Wildman–Crippen MR) is 104 cm³/mol. The normalized spacial score (nSPS) is 21.2. The molecule has 0 N–H and O–H groups in total. The molecule has 2 aromatic carbocycles. The third kappa shape index (κ3) is 4.73. The second-order valence-electron chi connectivity index (χ2n) is 7.36. The first-order valence-electron chi connectivity index (χ1n) is 9.36. The van der Waals surface area contributed by atoms with Gasteiger partial charge in [0.15, 0.2) is 0 Å². The number of hydrogen-bond donors (Lipinski definition) is 0. The number of rotatable bonds is 5. The summed E-state index contributed by atoms with van der Waals surface area (Å²) < 4.78 is 18.8. The molecule has 4 nitrogen and oxygen atoms in total. The molecule has 0 amide bonds. The molecule has 1 fully saturated rings. The van der Waals surface area contributed by atoms with Gasteiger partial charge in [0, 0.05) is 38.3 Å². The van der Waals surface area contributed by atoms with Crippen LogP contribution in [0.4, 0.5) is 4.39 Å². The summed E-state index contributed by atoms with van der Waals surface area (Å²) in [5, 5.41) is 0. The molecule has 0 aliphatic carbocycles. The van der Waals surface area contributed by atoms with Gasteiger partial charge in [0.25, 0.3) is 0 Å². The Bertz CT molecular complexity index is 769. The number of carbonyl (C=O) groups is 1. The number of methoxy groups -OCH3 is 1. The van der Waals surface area contributed by atoms with E-state index in [-0.39, 0.29) is 5.56 Å². The van der Waals surface area contributed by atoms with Gasteiger partial charge in [-0.15, -0.1) is 0 Å². The van der Waals surface area contributed by atoms with E-state index in [0.717, 1.165) is 25.2 Å². The fourth-order valence-corrected chi connectivity index (χ4v) is 3.89. The largest absolute Gasteiger partial charge is 0.465 e. The lowest BCUT2D eigenvalue weighted by atomic mass is 10.0. The molecule has 0 radical (unpaired) electrons. The Kier molecular flexibility index (Phi) is 6.24. The molecule has 1 saturated heterocycles. The van der Waals surface area contributed by atoms with Crippen LogP contribution in [-0.2, 0) is 17.8 Å². The highest BCUT2D eigenvalue weighted by Gasteiger charge is 2.29. The number of halogens is 1. The van der Waals surface area contributed by atoms with Gasteiger partial charge in [0.2, 0.25) is 0 Å². The molecule has 0 unspecified atom stereocenters. The molecule has 0 aromatic heterocycles. The molecule has 5 heteroatoms. The van der Waals surface area contributed by atoms with Crippen molar-refractivity contribution in [1.82, 2.24) is 9.80 Å². The maximum absolute atomic E-state index is 14.2. The summed E-state index contributed by atoms with van der Waals surface area (Å²) in [6, 6.07) is 16.0. The van der Waals surface area contributed by atoms with Crippen LogP contribution in [0.5, 0.6) is 0 Å². The Morgan fingerprint density at radius 3 is 2.30 bits per heavy atom. The number of esters is 1. The monoisotopic (exact) mass is 370 g/mol. The second kappa shape index (κ2) is 8.63. The number of ether oxygens (including phenoxy) is 1. The Balaban J connectivity index is 1.64. The summed E-state index contributed by atoms with van der Waals surface area (Å²) in [4.78, 5) is 16.4. The highest BCUT2D eigenvalue weighted by Crippen LogP contribution is 2.22. The van der Waals surface area contributed by atoms with Crippen molar-refractivity contribution in [3.63, 3.8) is 0 Å². The minimum absolute atomic E-state index is 0.0185. The summed E-state index contributed by atoms with van der Waals surface area (Å²) in [5.74, 6) is -1.17. The maximum atomic E-state index is 14.2. The van der Waals surface area contributed by atoms with Crippen LogP contribution in [0.25, 0.3) is 0 Å². The zero-order valence-corrected chi connectivity index (χ0v) is 16.2. The van der Waals surface area contributed by atoms with Crippen LogP contribution in [0.15, 0.2) is 48.5 Å². The van der Waals surface area contributed by atoms with E-state index in [1.165, 1.54) is 24.8 Å². The number of carbonyl (C=O) groups excluding carboxylic acids is 1. The van der Waals surface area contributed by atoms with Crippen LogP contribution < -0.4 is 0 Å². The molecule has 1 heterocycles. The van der Waals surface area contributed by atoms with Gasteiger partial charge in [-0.3, -0.25) is 9.80 Å². The molecule has 1 aliphatic rings. The second-order valence-corrected chi connectivity index (χ2v) is 7.36. The quantitative estimate of drug-likeness (QED) is 0.751. The van der Waals surface area contributed by atoms with Crippen molar-refractivity contribution in [3.05, 3.63) is 71.0 Å². The number of piperazine rings is 1. The van der Waals surface area contributed by atoms with E-state index in [0.29, 0.717) is 18.6 Å². The smallest absolute Gasteiger partial charge is 0.340 e. The van der Waals surface area contributed by atoms with Crippen LogP contribution >= 0.6 is 0 Å². The maximum Gasteiger partial charge on any atom is 0.340 e. The van der Waals surface area contributed by atoms with Crippen molar-refractivity contribution in [2.24, 2.45) is 0 Å². The molecular formula is C22H27FN2O2. The van der Waals surface area contributed by atoms with Crippen LogP contribution in [0.3, 0.4) is 0 Å². The van der Waals surface area contributed by atoms with Crippen molar-refractivity contribution in [3.8, 4) is 0 Å². The van der Waals surface area contributed by atoms with Crippen molar-refractivity contribution in [1.29, 1.82) is 0 Å². The summed E-state index contributed by atoms with van der Waals surface area (Å²) in [6.07, 6.45) is 0. The van der Waals surface area contributed by atoms with E-state index in [1.54, 1.807) is 0 Å². The fraction of sp³-hybridized carbons (Fsp3) is 0.409. The molecular weight excluding hydrogens is 343 g/mol. The number of hydrogen-bond acceptors (Lipinski definition) is 4. The minimum Gasteiger partial charge on any atom is -0.465 e. The molecule has 0 saturated carbocycles. The van der Waals surface area contributed by atoms with E-state index < -0.39 is 11.8 Å². The van der Waals surface area contributed by atoms with E-state index in [4.69, 9.17) is 0 Å². The summed E-state index contributed by atoms with van der Waals surface area (Å²) >= 11 is 0. The summed E-state index contributed by atoms with van der Waals surface area (Å²) in [5.41, 5.74) is 2.18. The van der Waals surface area contributed by atoms with Gasteiger partial charge >= 0.3 is 5.97 Å². The highest BCUT2D eigenvalue weighted by atomic mass is 19.1. The van der Waals surface area contributed by atoms with Gasteiger partial charge in [-0.25, -0.2) is 9.18 Å². The van der Waals surface area contributed by atoms with Gasteiger partial charge < -0.3 is 4.74 Å². The van der Waals surface area contributed by atoms with Gasteiger partial charge in [-0.1, -0.05) is 36.4 Å². The van der Waals surface area contributed by atoms with Crippen molar-refractivity contribution in [2.75, 3.05) is 20.2 Å². The van der Waals surface area contributed by atoms with Crippen molar-refractivity contribution < 1.29 is 13.9 Å². The zero-order valence-electron chi connectivity index (χ0n) is 16.2. The molecule has 2 aromatic rings. The molecule has 144 valence electrons. The lowest BCUT2D eigenvalue weighted by Gasteiger charge is -2.44. The lowest BCUT2D eigenvalue weighted by molar-refractivity contribution is 0.0289. The van der Waals surface area contributed by atoms with Crippen LogP contribution in [0.1, 0.15) is 35.3 Å². The molecule has 1 aliphatic heterocycles. The van der Waals surface area contributed by atoms with Gasteiger partial charge in [0.1, 0.15) is 5.82 Å². The SMILES string of the molecule is COC(=O)c1ccc(CN2[C@H](C)CN(Cc3ccccc3)C[C@@H]2C)cc1F. The van der Waals surface area contributed by atoms with Crippen LogP contribution in [0.2, 0.25) is 0 Å². The summed E-state index contributed by atoms with van der Waals surface area (Å²) in [6.45, 7) is 8.00. The van der Waals surface area contributed by atoms with E-state index in [9.17, 15) is 9.18 Å². The molecule has 27 heavy (non-hydrogen) atoms. The average Bonchev–Trinajstić information content (AvgIpc) is 2.65. The topological polar surface area (TPSA) is 32.8 Å². The zero-order chi connectivity index (χ0) is 19.4. The lowest BCUT2D eigenvalue weighted by Crippen LogP contribution is -2.55. The van der Waals surface area contributed by atoms with Crippen molar-refractivity contribution >= 4 is 5.97 Å². The first-order valence-corrected chi connectivity index (χ1v) is 9.36. The van der Waals surface area contributed by atoms with Crippen molar-refractivity contribution in [2.45, 2.75) is 39.0 Å². The molecule has 0 spiro atoms. The predicted octanol–water partition coefficient (Wildman–Crippen LogP) is 3.71. The third-order valence-electron chi connectivity index (χ3n) is 5.23. The van der Waals surface area contributed by atoms with E-state index in [1.807, 2.05) is 12.1 Å². The molecule has 0 bridgehead atoms. The number of nitrogens with zero attached hydrogens (tertiary/aromatic N) is 2.